The second-order valence-corrected chi connectivity index (χ2v) is 4.72. The van der Waals surface area contributed by atoms with Gasteiger partial charge in [0.2, 0.25) is 11.8 Å². The van der Waals surface area contributed by atoms with Crippen LogP contribution in [0.25, 0.3) is 0 Å². The zero-order chi connectivity index (χ0) is 14.4. The van der Waals surface area contributed by atoms with E-state index in [1.165, 1.54) is 0 Å². The molecule has 0 aromatic carbocycles. The summed E-state index contributed by atoms with van der Waals surface area (Å²) in [6, 6.07) is -0.144. The van der Waals surface area contributed by atoms with Crippen LogP contribution in [0.3, 0.4) is 0 Å². The van der Waals surface area contributed by atoms with E-state index in [1.54, 1.807) is 12.0 Å². The topological polar surface area (TPSA) is 77.7 Å². The number of carbonyl (C=O) groups excluding carboxylic acids is 1. The van der Waals surface area contributed by atoms with Gasteiger partial charge >= 0.3 is 0 Å². The van der Waals surface area contributed by atoms with E-state index in [1.807, 2.05) is 6.92 Å². The third kappa shape index (κ3) is 3.55. The lowest BCUT2D eigenvalue weighted by atomic mass is 10.0. The van der Waals surface area contributed by atoms with Crippen molar-refractivity contribution in [3.8, 4) is 0 Å². The molecular weight excluding hydrogens is 262 g/mol. The van der Waals surface area contributed by atoms with Crippen molar-refractivity contribution < 1.29 is 18.8 Å². The van der Waals surface area contributed by atoms with Gasteiger partial charge in [-0.3, -0.25) is 4.79 Å². The SMILES string of the molecule is CCOCC(=O)N1CCCCC1c1nc(COC)no1. The first kappa shape index (κ1) is 14.9. The lowest BCUT2D eigenvalue weighted by molar-refractivity contribution is -0.140. The van der Waals surface area contributed by atoms with Crippen LogP contribution in [0.15, 0.2) is 4.52 Å². The van der Waals surface area contributed by atoms with Crippen molar-refractivity contribution in [2.24, 2.45) is 0 Å². The van der Waals surface area contributed by atoms with Crippen LogP contribution in [-0.4, -0.2) is 47.8 Å². The van der Waals surface area contributed by atoms with E-state index >= 15 is 0 Å². The predicted molar refractivity (Wildman–Crippen MR) is 69.8 cm³/mol. The first-order chi connectivity index (χ1) is 9.76. The summed E-state index contributed by atoms with van der Waals surface area (Å²) in [7, 11) is 1.58. The van der Waals surface area contributed by atoms with Crippen LogP contribution in [0.4, 0.5) is 0 Å². The first-order valence-corrected chi connectivity index (χ1v) is 6.95. The van der Waals surface area contributed by atoms with E-state index in [-0.39, 0.29) is 18.6 Å². The van der Waals surface area contributed by atoms with E-state index in [0.717, 1.165) is 19.3 Å². The zero-order valence-corrected chi connectivity index (χ0v) is 12.0. The number of likely N-dealkylation sites (tertiary alicyclic amines) is 1. The van der Waals surface area contributed by atoms with Gasteiger partial charge in [-0.1, -0.05) is 5.16 Å². The van der Waals surface area contributed by atoms with E-state index in [9.17, 15) is 4.79 Å². The molecule has 1 aromatic heterocycles. The Morgan fingerprint density at radius 1 is 1.50 bits per heavy atom. The molecule has 1 atom stereocenters. The minimum Gasteiger partial charge on any atom is -0.377 e. The van der Waals surface area contributed by atoms with Crippen molar-refractivity contribution in [1.29, 1.82) is 0 Å². The van der Waals surface area contributed by atoms with Gasteiger partial charge in [0, 0.05) is 20.3 Å². The molecule has 2 rings (SSSR count). The summed E-state index contributed by atoms with van der Waals surface area (Å²) in [6.45, 7) is 3.52. The number of nitrogens with zero attached hydrogens (tertiary/aromatic N) is 3. The van der Waals surface area contributed by atoms with Crippen LogP contribution in [-0.2, 0) is 20.9 Å². The Bertz CT molecular complexity index is 435. The van der Waals surface area contributed by atoms with Gasteiger partial charge in [0.15, 0.2) is 5.82 Å². The Balaban J connectivity index is 2.07. The van der Waals surface area contributed by atoms with Gasteiger partial charge in [-0.15, -0.1) is 0 Å². The van der Waals surface area contributed by atoms with Crippen LogP contribution < -0.4 is 0 Å². The van der Waals surface area contributed by atoms with Crippen molar-refractivity contribution in [3.63, 3.8) is 0 Å². The fourth-order valence-electron chi connectivity index (χ4n) is 2.35. The highest BCUT2D eigenvalue weighted by Crippen LogP contribution is 2.29. The minimum atomic E-state index is -0.144. The zero-order valence-electron chi connectivity index (χ0n) is 12.0. The Kier molecular flexibility index (Phi) is 5.49. The molecule has 112 valence electrons. The third-order valence-corrected chi connectivity index (χ3v) is 3.30. The summed E-state index contributed by atoms with van der Waals surface area (Å²) in [5.41, 5.74) is 0. The molecule has 0 N–H and O–H groups in total. The maximum Gasteiger partial charge on any atom is 0.249 e. The van der Waals surface area contributed by atoms with Crippen molar-refractivity contribution >= 4 is 5.91 Å². The van der Waals surface area contributed by atoms with Gasteiger partial charge in [0.1, 0.15) is 19.3 Å². The van der Waals surface area contributed by atoms with Gasteiger partial charge in [-0.05, 0) is 26.2 Å². The fraction of sp³-hybridized carbons (Fsp3) is 0.769. The molecule has 1 saturated heterocycles. The van der Waals surface area contributed by atoms with E-state index in [4.69, 9.17) is 14.0 Å². The number of carbonyl (C=O) groups is 1. The number of amides is 1. The van der Waals surface area contributed by atoms with Crippen molar-refractivity contribution in [2.75, 3.05) is 26.9 Å². The molecule has 0 aliphatic carbocycles. The molecule has 2 heterocycles. The van der Waals surface area contributed by atoms with Crippen molar-refractivity contribution in [3.05, 3.63) is 11.7 Å². The lowest BCUT2D eigenvalue weighted by Crippen LogP contribution is -2.40. The molecule has 1 aliphatic rings. The van der Waals surface area contributed by atoms with Crippen LogP contribution in [0.1, 0.15) is 43.9 Å². The molecule has 1 amide bonds. The Morgan fingerprint density at radius 2 is 2.35 bits per heavy atom. The summed E-state index contributed by atoms with van der Waals surface area (Å²) < 4.78 is 15.4. The average molecular weight is 283 g/mol. The maximum absolute atomic E-state index is 12.2. The smallest absolute Gasteiger partial charge is 0.249 e. The van der Waals surface area contributed by atoms with Crippen LogP contribution in [0, 0.1) is 0 Å². The monoisotopic (exact) mass is 283 g/mol. The largest absolute Gasteiger partial charge is 0.377 e. The van der Waals surface area contributed by atoms with Gasteiger partial charge in [-0.2, -0.15) is 4.98 Å². The number of ether oxygens (including phenoxy) is 2. The fourth-order valence-corrected chi connectivity index (χ4v) is 2.35. The maximum atomic E-state index is 12.2. The van der Waals surface area contributed by atoms with Crippen molar-refractivity contribution in [2.45, 2.75) is 38.8 Å². The van der Waals surface area contributed by atoms with Gasteiger partial charge < -0.3 is 18.9 Å². The first-order valence-electron chi connectivity index (χ1n) is 6.95. The second-order valence-electron chi connectivity index (χ2n) is 4.72. The summed E-state index contributed by atoms with van der Waals surface area (Å²) in [6.07, 6.45) is 2.88. The molecule has 0 saturated carbocycles. The number of piperidine rings is 1. The summed E-state index contributed by atoms with van der Waals surface area (Å²) >= 11 is 0. The van der Waals surface area contributed by atoms with Crippen LogP contribution in [0.5, 0.6) is 0 Å². The Hall–Kier alpha value is -1.47. The highest BCUT2D eigenvalue weighted by molar-refractivity contribution is 5.78. The lowest BCUT2D eigenvalue weighted by Gasteiger charge is -2.33. The molecule has 0 bridgehead atoms. The summed E-state index contributed by atoms with van der Waals surface area (Å²) in [5, 5.41) is 3.86. The number of hydrogen-bond acceptors (Lipinski definition) is 6. The van der Waals surface area contributed by atoms with E-state index in [2.05, 4.69) is 10.1 Å². The normalized spacial score (nSPS) is 19.3. The van der Waals surface area contributed by atoms with Crippen molar-refractivity contribution in [1.82, 2.24) is 15.0 Å². The molecule has 20 heavy (non-hydrogen) atoms. The van der Waals surface area contributed by atoms with E-state index < -0.39 is 0 Å². The summed E-state index contributed by atoms with van der Waals surface area (Å²) in [4.78, 5) is 18.2. The van der Waals surface area contributed by atoms with E-state index in [0.29, 0.717) is 31.5 Å². The van der Waals surface area contributed by atoms with Gasteiger partial charge in [-0.25, -0.2) is 0 Å². The standard InChI is InChI=1S/C13H21N3O4/c1-3-19-9-12(17)16-7-5-4-6-10(16)13-14-11(8-18-2)15-20-13/h10H,3-9H2,1-2H3. The summed E-state index contributed by atoms with van der Waals surface area (Å²) in [5.74, 6) is 0.968. The van der Waals surface area contributed by atoms with Crippen LogP contribution >= 0.6 is 0 Å². The van der Waals surface area contributed by atoms with Gasteiger partial charge in [0.25, 0.3) is 0 Å². The van der Waals surface area contributed by atoms with Gasteiger partial charge in [0.05, 0.1) is 0 Å². The van der Waals surface area contributed by atoms with Crippen LogP contribution in [0.2, 0.25) is 0 Å². The highest BCUT2D eigenvalue weighted by atomic mass is 16.5. The molecular formula is C13H21N3O4. The Labute approximate surface area is 118 Å². The second kappa shape index (κ2) is 7.35. The molecule has 1 fully saturated rings. The number of methoxy groups -OCH3 is 1. The number of rotatable bonds is 6. The molecule has 7 heteroatoms. The number of hydrogen-bond donors (Lipinski definition) is 0. The quantitative estimate of drug-likeness (QED) is 0.783. The molecule has 1 aromatic rings. The third-order valence-electron chi connectivity index (χ3n) is 3.30. The average Bonchev–Trinajstić information content (AvgIpc) is 2.93. The Morgan fingerprint density at radius 3 is 3.10 bits per heavy atom. The molecule has 1 aliphatic heterocycles. The molecule has 7 nitrogen and oxygen atoms in total. The predicted octanol–water partition coefficient (Wildman–Crippen LogP) is 1.31. The number of aromatic nitrogens is 2. The molecule has 0 radical (unpaired) electrons. The highest BCUT2D eigenvalue weighted by Gasteiger charge is 2.31. The minimum absolute atomic E-state index is 0.0250. The molecule has 0 spiro atoms. The molecule has 1 unspecified atom stereocenters.